The van der Waals surface area contributed by atoms with Gasteiger partial charge in [0.05, 0.1) is 19.8 Å². The maximum Gasteiger partial charge on any atom is 0.125 e. The molecule has 106 valence electrons. The lowest BCUT2D eigenvalue weighted by Crippen LogP contribution is -2.38. The van der Waals surface area contributed by atoms with Crippen LogP contribution in [0.25, 0.3) is 0 Å². The molecule has 4 nitrogen and oxygen atoms in total. The molecule has 2 N–H and O–H groups in total. The van der Waals surface area contributed by atoms with Gasteiger partial charge in [-0.05, 0) is 50.9 Å². The van der Waals surface area contributed by atoms with Gasteiger partial charge in [-0.2, -0.15) is 0 Å². The third-order valence-corrected chi connectivity index (χ3v) is 4.13. The molecule has 0 aliphatic heterocycles. The number of nitrogens with one attached hydrogen (secondary N) is 1. The van der Waals surface area contributed by atoms with Crippen LogP contribution < -0.4 is 14.8 Å². The highest BCUT2D eigenvalue weighted by atomic mass is 16.5. The Morgan fingerprint density at radius 2 is 1.89 bits per heavy atom. The fourth-order valence-electron chi connectivity index (χ4n) is 2.83. The van der Waals surface area contributed by atoms with E-state index in [4.69, 9.17) is 9.47 Å². The van der Waals surface area contributed by atoms with Crippen LogP contribution in [-0.2, 0) is 5.60 Å². The van der Waals surface area contributed by atoms with Crippen molar-refractivity contribution < 1.29 is 14.6 Å². The van der Waals surface area contributed by atoms with Gasteiger partial charge < -0.3 is 19.9 Å². The summed E-state index contributed by atoms with van der Waals surface area (Å²) in [6.07, 6.45) is 3.41. The first-order valence-electron chi connectivity index (χ1n) is 6.75. The minimum Gasteiger partial charge on any atom is -0.497 e. The fourth-order valence-corrected chi connectivity index (χ4v) is 2.83. The lowest BCUT2D eigenvalue weighted by atomic mass is 9.77. The SMILES string of the molecule is CNC1CCC(O)(c2cc(OC)ccc2OC)CC1. The van der Waals surface area contributed by atoms with E-state index < -0.39 is 5.60 Å². The second-order valence-corrected chi connectivity index (χ2v) is 5.16. The maximum atomic E-state index is 10.9. The Morgan fingerprint density at radius 3 is 2.42 bits per heavy atom. The van der Waals surface area contributed by atoms with Crippen molar-refractivity contribution in [1.29, 1.82) is 0 Å². The molecule has 1 fully saturated rings. The molecule has 4 heteroatoms. The lowest BCUT2D eigenvalue weighted by Gasteiger charge is -2.37. The van der Waals surface area contributed by atoms with E-state index in [1.54, 1.807) is 14.2 Å². The van der Waals surface area contributed by atoms with Gasteiger partial charge >= 0.3 is 0 Å². The van der Waals surface area contributed by atoms with Crippen LogP contribution in [0.2, 0.25) is 0 Å². The van der Waals surface area contributed by atoms with Gasteiger partial charge in [-0.1, -0.05) is 0 Å². The smallest absolute Gasteiger partial charge is 0.125 e. The zero-order chi connectivity index (χ0) is 13.9. The molecule has 1 aliphatic rings. The van der Waals surface area contributed by atoms with Gasteiger partial charge in [0.25, 0.3) is 0 Å². The minimum absolute atomic E-state index is 0.497. The van der Waals surface area contributed by atoms with Crippen LogP contribution in [0.4, 0.5) is 0 Å². The monoisotopic (exact) mass is 265 g/mol. The van der Waals surface area contributed by atoms with E-state index in [0.29, 0.717) is 6.04 Å². The van der Waals surface area contributed by atoms with Crippen LogP contribution in [0.3, 0.4) is 0 Å². The van der Waals surface area contributed by atoms with Crippen molar-refractivity contribution in [2.45, 2.75) is 37.3 Å². The van der Waals surface area contributed by atoms with E-state index in [-0.39, 0.29) is 0 Å². The van der Waals surface area contributed by atoms with Gasteiger partial charge in [-0.3, -0.25) is 0 Å². The zero-order valence-corrected chi connectivity index (χ0v) is 11.9. The summed E-state index contributed by atoms with van der Waals surface area (Å²) in [5, 5.41) is 14.2. The summed E-state index contributed by atoms with van der Waals surface area (Å²) >= 11 is 0. The summed E-state index contributed by atoms with van der Waals surface area (Å²) in [5.74, 6) is 1.48. The molecule has 0 bridgehead atoms. The fraction of sp³-hybridized carbons (Fsp3) is 0.600. The Hall–Kier alpha value is -1.26. The summed E-state index contributed by atoms with van der Waals surface area (Å²) in [4.78, 5) is 0. The van der Waals surface area contributed by atoms with Crippen LogP contribution in [0, 0.1) is 0 Å². The van der Waals surface area contributed by atoms with Gasteiger partial charge in [0, 0.05) is 11.6 Å². The van der Waals surface area contributed by atoms with Gasteiger partial charge in [-0.25, -0.2) is 0 Å². The van der Waals surface area contributed by atoms with Crippen molar-refractivity contribution in [1.82, 2.24) is 5.32 Å². The minimum atomic E-state index is -0.812. The average molecular weight is 265 g/mol. The molecule has 0 saturated heterocycles. The van der Waals surface area contributed by atoms with E-state index in [1.807, 2.05) is 25.2 Å². The van der Waals surface area contributed by atoms with Gasteiger partial charge in [-0.15, -0.1) is 0 Å². The predicted octanol–water partition coefficient (Wildman–Crippen LogP) is 2.05. The Bertz CT molecular complexity index is 425. The van der Waals surface area contributed by atoms with Crippen molar-refractivity contribution in [3.63, 3.8) is 0 Å². The van der Waals surface area contributed by atoms with E-state index in [9.17, 15) is 5.11 Å². The van der Waals surface area contributed by atoms with Gasteiger partial charge in [0.15, 0.2) is 0 Å². The van der Waals surface area contributed by atoms with Crippen molar-refractivity contribution >= 4 is 0 Å². The molecule has 1 aliphatic carbocycles. The number of aliphatic hydroxyl groups is 1. The average Bonchev–Trinajstić information content (AvgIpc) is 2.47. The molecule has 0 spiro atoms. The van der Waals surface area contributed by atoms with Crippen molar-refractivity contribution in [2.24, 2.45) is 0 Å². The molecular weight excluding hydrogens is 242 g/mol. The summed E-state index contributed by atoms with van der Waals surface area (Å²) in [7, 11) is 5.24. The highest BCUT2D eigenvalue weighted by Crippen LogP contribution is 2.42. The quantitative estimate of drug-likeness (QED) is 0.875. The standard InChI is InChI=1S/C15H23NO3/c1-16-11-6-8-15(17,9-7-11)13-10-12(18-2)4-5-14(13)19-3/h4-5,10-11,16-17H,6-9H2,1-3H3. The van der Waals surface area contributed by atoms with E-state index in [1.165, 1.54) is 0 Å². The molecule has 2 rings (SSSR count). The molecule has 0 heterocycles. The molecular formula is C15H23NO3. The van der Waals surface area contributed by atoms with Crippen LogP contribution in [0.1, 0.15) is 31.2 Å². The summed E-state index contributed by atoms with van der Waals surface area (Å²) in [6.45, 7) is 0. The molecule has 0 radical (unpaired) electrons. The third-order valence-electron chi connectivity index (χ3n) is 4.13. The number of ether oxygens (including phenoxy) is 2. The van der Waals surface area contributed by atoms with Gasteiger partial charge in [0.1, 0.15) is 11.5 Å². The lowest BCUT2D eigenvalue weighted by molar-refractivity contribution is -0.00962. The first kappa shape index (κ1) is 14.2. The number of rotatable bonds is 4. The molecule has 0 amide bonds. The Balaban J connectivity index is 2.29. The summed E-state index contributed by atoms with van der Waals surface area (Å²) < 4.78 is 10.6. The first-order valence-corrected chi connectivity index (χ1v) is 6.75. The molecule has 19 heavy (non-hydrogen) atoms. The van der Waals surface area contributed by atoms with Crippen molar-refractivity contribution in [2.75, 3.05) is 21.3 Å². The Morgan fingerprint density at radius 1 is 1.21 bits per heavy atom. The summed E-state index contributed by atoms with van der Waals surface area (Å²) in [6, 6.07) is 6.09. The highest BCUT2D eigenvalue weighted by molar-refractivity contribution is 5.44. The van der Waals surface area contributed by atoms with Crippen LogP contribution in [0.5, 0.6) is 11.5 Å². The highest BCUT2D eigenvalue weighted by Gasteiger charge is 2.36. The second-order valence-electron chi connectivity index (χ2n) is 5.16. The number of benzene rings is 1. The molecule has 1 aromatic carbocycles. The molecule has 0 unspecified atom stereocenters. The Labute approximate surface area is 114 Å². The number of hydrogen-bond donors (Lipinski definition) is 2. The van der Waals surface area contributed by atoms with E-state index in [2.05, 4.69) is 5.32 Å². The van der Waals surface area contributed by atoms with Crippen molar-refractivity contribution in [3.05, 3.63) is 23.8 Å². The van der Waals surface area contributed by atoms with E-state index >= 15 is 0 Å². The molecule has 1 saturated carbocycles. The predicted molar refractivity (Wildman–Crippen MR) is 74.8 cm³/mol. The number of methoxy groups -OCH3 is 2. The third kappa shape index (κ3) is 2.85. The van der Waals surface area contributed by atoms with Crippen LogP contribution >= 0.6 is 0 Å². The van der Waals surface area contributed by atoms with Crippen LogP contribution in [-0.4, -0.2) is 32.4 Å². The largest absolute Gasteiger partial charge is 0.497 e. The summed E-state index contributed by atoms with van der Waals surface area (Å²) in [5.41, 5.74) is 0.0247. The maximum absolute atomic E-state index is 10.9. The molecule has 1 aromatic rings. The molecule has 0 aromatic heterocycles. The molecule has 0 atom stereocenters. The second kappa shape index (κ2) is 5.80. The van der Waals surface area contributed by atoms with E-state index in [0.717, 1.165) is 42.7 Å². The Kier molecular flexibility index (Phi) is 4.32. The van der Waals surface area contributed by atoms with Gasteiger partial charge in [0.2, 0.25) is 0 Å². The zero-order valence-electron chi connectivity index (χ0n) is 11.9. The number of hydrogen-bond acceptors (Lipinski definition) is 4. The van der Waals surface area contributed by atoms with Crippen molar-refractivity contribution in [3.8, 4) is 11.5 Å². The topological polar surface area (TPSA) is 50.7 Å². The van der Waals surface area contributed by atoms with Crippen LogP contribution in [0.15, 0.2) is 18.2 Å². The normalized spacial score (nSPS) is 27.1. The first-order chi connectivity index (χ1) is 9.12.